The first-order valence-corrected chi connectivity index (χ1v) is 5.58. The topological polar surface area (TPSA) is 80.4 Å². The van der Waals surface area contributed by atoms with Crippen LogP contribution in [-0.2, 0) is 0 Å². The third-order valence-electron chi connectivity index (χ3n) is 2.80. The van der Waals surface area contributed by atoms with E-state index in [1.54, 1.807) is 12.1 Å². The number of carbonyl (C=O) groups is 1. The summed E-state index contributed by atoms with van der Waals surface area (Å²) in [7, 11) is 0. The Labute approximate surface area is 109 Å². The zero-order valence-corrected chi connectivity index (χ0v) is 10.2. The number of hydrogen-bond acceptors (Lipinski definition) is 3. The molecular weight excluding hydrogens is 246 g/mol. The van der Waals surface area contributed by atoms with Crippen LogP contribution in [0.15, 0.2) is 42.5 Å². The highest BCUT2D eigenvalue weighted by atomic mass is 16.6. The highest BCUT2D eigenvalue weighted by molar-refractivity contribution is 5.90. The minimum atomic E-state index is -1.18. The molecule has 0 radical (unpaired) electrons. The van der Waals surface area contributed by atoms with Gasteiger partial charge in [0, 0.05) is 6.07 Å². The van der Waals surface area contributed by atoms with Crippen LogP contribution in [0.2, 0.25) is 0 Å². The van der Waals surface area contributed by atoms with Crippen LogP contribution in [0.3, 0.4) is 0 Å². The molecule has 0 spiro atoms. The fourth-order valence-corrected chi connectivity index (χ4v) is 1.79. The van der Waals surface area contributed by atoms with Gasteiger partial charge in [-0.1, -0.05) is 29.8 Å². The lowest BCUT2D eigenvalue weighted by molar-refractivity contribution is -0.384. The maximum Gasteiger partial charge on any atom is 0.335 e. The number of carboxylic acid groups (broad SMARTS) is 1. The highest BCUT2D eigenvalue weighted by Gasteiger charge is 2.18. The standard InChI is InChI=1S/C14H11NO4/c1-9-2-4-10(5-3-9)12-7-6-11(14(16)17)8-13(12)15(18)19/h2-8H,1H3,(H,16,17). The summed E-state index contributed by atoms with van der Waals surface area (Å²) in [5.74, 6) is -1.18. The van der Waals surface area contributed by atoms with Crippen LogP contribution in [0.25, 0.3) is 11.1 Å². The van der Waals surface area contributed by atoms with Gasteiger partial charge in [0.15, 0.2) is 0 Å². The minimum Gasteiger partial charge on any atom is -0.478 e. The monoisotopic (exact) mass is 257 g/mol. The number of rotatable bonds is 3. The lowest BCUT2D eigenvalue weighted by Crippen LogP contribution is -1.99. The molecule has 0 aromatic heterocycles. The lowest BCUT2D eigenvalue weighted by atomic mass is 10.0. The van der Waals surface area contributed by atoms with E-state index in [0.29, 0.717) is 11.1 Å². The van der Waals surface area contributed by atoms with Crippen LogP contribution in [0.1, 0.15) is 15.9 Å². The van der Waals surface area contributed by atoms with Gasteiger partial charge in [-0.15, -0.1) is 0 Å². The van der Waals surface area contributed by atoms with Crippen molar-refractivity contribution in [3.63, 3.8) is 0 Å². The first-order chi connectivity index (χ1) is 8.99. The predicted octanol–water partition coefficient (Wildman–Crippen LogP) is 3.27. The third kappa shape index (κ3) is 2.60. The molecule has 0 fully saturated rings. The van der Waals surface area contributed by atoms with Gasteiger partial charge in [-0.05, 0) is 24.6 Å². The van der Waals surface area contributed by atoms with Gasteiger partial charge in [-0.25, -0.2) is 4.79 Å². The second kappa shape index (κ2) is 4.89. The van der Waals surface area contributed by atoms with E-state index in [4.69, 9.17) is 5.11 Å². The van der Waals surface area contributed by atoms with Gasteiger partial charge in [-0.2, -0.15) is 0 Å². The van der Waals surface area contributed by atoms with Crippen LogP contribution < -0.4 is 0 Å². The Balaban J connectivity index is 2.59. The summed E-state index contributed by atoms with van der Waals surface area (Å²) in [5, 5.41) is 19.9. The molecule has 0 atom stereocenters. The molecule has 2 aromatic carbocycles. The van der Waals surface area contributed by atoms with Crippen LogP contribution in [0, 0.1) is 17.0 Å². The quantitative estimate of drug-likeness (QED) is 0.675. The lowest BCUT2D eigenvalue weighted by Gasteiger charge is -2.05. The van der Waals surface area contributed by atoms with Crippen molar-refractivity contribution in [2.24, 2.45) is 0 Å². The van der Waals surface area contributed by atoms with Crippen LogP contribution in [0.4, 0.5) is 5.69 Å². The van der Waals surface area contributed by atoms with Gasteiger partial charge in [0.05, 0.1) is 16.1 Å². The van der Waals surface area contributed by atoms with E-state index in [9.17, 15) is 14.9 Å². The van der Waals surface area contributed by atoms with Crippen molar-refractivity contribution in [2.75, 3.05) is 0 Å². The van der Waals surface area contributed by atoms with Crippen molar-refractivity contribution >= 4 is 11.7 Å². The summed E-state index contributed by atoms with van der Waals surface area (Å²) in [6.07, 6.45) is 0. The van der Waals surface area contributed by atoms with E-state index in [-0.39, 0.29) is 11.3 Å². The molecule has 1 N–H and O–H groups in total. The molecular formula is C14H11NO4. The number of aryl methyl sites for hydroxylation is 1. The normalized spacial score (nSPS) is 10.2. The van der Waals surface area contributed by atoms with Gasteiger partial charge >= 0.3 is 5.97 Å². The second-order valence-electron chi connectivity index (χ2n) is 4.16. The van der Waals surface area contributed by atoms with E-state index in [2.05, 4.69) is 0 Å². The van der Waals surface area contributed by atoms with E-state index >= 15 is 0 Å². The smallest absolute Gasteiger partial charge is 0.335 e. The molecule has 0 aliphatic heterocycles. The van der Waals surface area contributed by atoms with Gasteiger partial charge < -0.3 is 5.11 Å². The molecule has 0 heterocycles. The van der Waals surface area contributed by atoms with Crippen LogP contribution in [0.5, 0.6) is 0 Å². The summed E-state index contributed by atoms with van der Waals surface area (Å²) in [6, 6.07) is 11.2. The SMILES string of the molecule is Cc1ccc(-c2ccc(C(=O)O)cc2[N+](=O)[O-])cc1. The van der Waals surface area contributed by atoms with Crippen molar-refractivity contribution in [3.05, 3.63) is 63.7 Å². The molecule has 2 rings (SSSR count). The van der Waals surface area contributed by atoms with E-state index in [0.717, 1.165) is 11.6 Å². The van der Waals surface area contributed by atoms with Gasteiger partial charge in [0.1, 0.15) is 0 Å². The minimum absolute atomic E-state index is 0.0949. The Hall–Kier alpha value is -2.69. The first kappa shape index (κ1) is 12.8. The Kier molecular flexibility index (Phi) is 3.29. The zero-order chi connectivity index (χ0) is 14.0. The molecule has 0 saturated heterocycles. The maximum atomic E-state index is 11.0. The Morgan fingerprint density at radius 2 is 1.79 bits per heavy atom. The van der Waals surface area contributed by atoms with E-state index < -0.39 is 10.9 Å². The average Bonchev–Trinajstić information content (AvgIpc) is 2.38. The molecule has 19 heavy (non-hydrogen) atoms. The number of benzene rings is 2. The van der Waals surface area contributed by atoms with Gasteiger partial charge in [0.2, 0.25) is 0 Å². The molecule has 0 aliphatic rings. The summed E-state index contributed by atoms with van der Waals surface area (Å²) < 4.78 is 0. The number of nitro benzene ring substituents is 1. The summed E-state index contributed by atoms with van der Waals surface area (Å²) in [4.78, 5) is 21.3. The van der Waals surface area contributed by atoms with Crippen LogP contribution >= 0.6 is 0 Å². The van der Waals surface area contributed by atoms with Crippen molar-refractivity contribution in [3.8, 4) is 11.1 Å². The maximum absolute atomic E-state index is 11.0. The summed E-state index contributed by atoms with van der Waals surface area (Å²) >= 11 is 0. The fraction of sp³-hybridized carbons (Fsp3) is 0.0714. The molecule has 5 heteroatoms. The highest BCUT2D eigenvalue weighted by Crippen LogP contribution is 2.30. The Bertz CT molecular complexity index is 647. The molecule has 5 nitrogen and oxygen atoms in total. The molecule has 0 amide bonds. The number of nitro groups is 1. The van der Waals surface area contributed by atoms with Crippen molar-refractivity contribution < 1.29 is 14.8 Å². The molecule has 96 valence electrons. The van der Waals surface area contributed by atoms with E-state index in [1.165, 1.54) is 12.1 Å². The zero-order valence-electron chi connectivity index (χ0n) is 10.2. The van der Waals surface area contributed by atoms with Crippen molar-refractivity contribution in [1.29, 1.82) is 0 Å². The first-order valence-electron chi connectivity index (χ1n) is 5.58. The number of aromatic carboxylic acids is 1. The molecule has 0 bridgehead atoms. The number of nitrogens with zero attached hydrogens (tertiary/aromatic N) is 1. The second-order valence-corrected chi connectivity index (χ2v) is 4.16. The van der Waals surface area contributed by atoms with Gasteiger partial charge in [0.25, 0.3) is 5.69 Å². The van der Waals surface area contributed by atoms with Crippen molar-refractivity contribution in [2.45, 2.75) is 6.92 Å². The third-order valence-corrected chi connectivity index (χ3v) is 2.80. The largest absolute Gasteiger partial charge is 0.478 e. The fourth-order valence-electron chi connectivity index (χ4n) is 1.79. The number of hydrogen-bond donors (Lipinski definition) is 1. The Morgan fingerprint density at radius 1 is 1.16 bits per heavy atom. The van der Waals surface area contributed by atoms with Crippen molar-refractivity contribution in [1.82, 2.24) is 0 Å². The number of carboxylic acids is 1. The predicted molar refractivity (Wildman–Crippen MR) is 70.2 cm³/mol. The average molecular weight is 257 g/mol. The molecule has 2 aromatic rings. The summed E-state index contributed by atoms with van der Waals surface area (Å²) in [5.41, 5.74) is 1.85. The molecule has 0 unspecified atom stereocenters. The van der Waals surface area contributed by atoms with Crippen LogP contribution in [-0.4, -0.2) is 16.0 Å². The van der Waals surface area contributed by atoms with Gasteiger partial charge in [-0.3, -0.25) is 10.1 Å². The molecule has 0 saturated carbocycles. The van der Waals surface area contributed by atoms with E-state index in [1.807, 2.05) is 19.1 Å². The molecule has 0 aliphatic carbocycles. The summed E-state index contributed by atoms with van der Waals surface area (Å²) in [6.45, 7) is 1.92. The Morgan fingerprint density at radius 3 is 2.32 bits per heavy atom.